The fourth-order valence-corrected chi connectivity index (χ4v) is 1.92. The van der Waals surface area contributed by atoms with E-state index >= 15 is 0 Å². The van der Waals surface area contributed by atoms with Gasteiger partial charge in [0.25, 0.3) is 5.91 Å². The predicted molar refractivity (Wildman–Crippen MR) is 72.1 cm³/mol. The number of rotatable bonds is 4. The van der Waals surface area contributed by atoms with Gasteiger partial charge in [-0.1, -0.05) is 6.07 Å². The highest BCUT2D eigenvalue weighted by Gasteiger charge is 2.11. The minimum atomic E-state index is -0.111. The number of aromatic nitrogens is 2. The minimum Gasteiger partial charge on any atom is -0.496 e. The predicted octanol–water partition coefficient (Wildman–Crippen LogP) is 1.67. The number of nitrogens with one attached hydrogen (secondary N) is 1. The molecule has 1 heterocycles. The number of nitrogens with zero attached hydrogens (tertiary/aromatic N) is 2. The summed E-state index contributed by atoms with van der Waals surface area (Å²) in [6.45, 7) is 2.33. The second kappa shape index (κ2) is 5.56. The van der Waals surface area contributed by atoms with Crippen LogP contribution in [0.15, 0.2) is 30.6 Å². The molecule has 0 radical (unpaired) electrons. The molecule has 2 aromatic rings. The second-order valence-electron chi connectivity index (χ2n) is 4.34. The standard InChI is InChI=1S/C14H17N3O2/c1-10-12(5-4-6-13(10)19-3)14(18)15-7-11-8-16-17(2)9-11/h4-6,8-9H,7H2,1-3H3,(H,15,18). The Morgan fingerprint density at radius 1 is 1.47 bits per heavy atom. The summed E-state index contributed by atoms with van der Waals surface area (Å²) in [5.41, 5.74) is 2.44. The number of methoxy groups -OCH3 is 1. The van der Waals surface area contributed by atoms with Crippen molar-refractivity contribution in [3.8, 4) is 5.75 Å². The van der Waals surface area contributed by atoms with Crippen molar-refractivity contribution >= 4 is 5.91 Å². The summed E-state index contributed by atoms with van der Waals surface area (Å²) in [6.07, 6.45) is 3.61. The maximum Gasteiger partial charge on any atom is 0.251 e. The molecule has 1 amide bonds. The van der Waals surface area contributed by atoms with E-state index in [0.717, 1.165) is 11.1 Å². The zero-order valence-corrected chi connectivity index (χ0v) is 11.3. The van der Waals surface area contributed by atoms with E-state index in [-0.39, 0.29) is 5.91 Å². The summed E-state index contributed by atoms with van der Waals surface area (Å²) in [6, 6.07) is 5.44. The summed E-state index contributed by atoms with van der Waals surface area (Å²) in [7, 11) is 3.44. The number of aryl methyl sites for hydroxylation is 1. The van der Waals surface area contributed by atoms with E-state index in [2.05, 4.69) is 10.4 Å². The Morgan fingerprint density at radius 3 is 2.89 bits per heavy atom. The molecule has 0 atom stereocenters. The number of carbonyl (C=O) groups is 1. The van der Waals surface area contributed by atoms with Gasteiger partial charge in [0.15, 0.2) is 0 Å². The lowest BCUT2D eigenvalue weighted by Gasteiger charge is -2.10. The van der Waals surface area contributed by atoms with E-state index in [0.29, 0.717) is 17.9 Å². The van der Waals surface area contributed by atoms with Crippen molar-refractivity contribution in [2.45, 2.75) is 13.5 Å². The van der Waals surface area contributed by atoms with Crippen LogP contribution in [0.5, 0.6) is 5.75 Å². The van der Waals surface area contributed by atoms with Crippen LogP contribution in [0.25, 0.3) is 0 Å². The molecule has 0 aliphatic heterocycles. The van der Waals surface area contributed by atoms with Crippen LogP contribution in [0.1, 0.15) is 21.5 Å². The molecule has 5 nitrogen and oxygen atoms in total. The van der Waals surface area contributed by atoms with Crippen LogP contribution in [0.2, 0.25) is 0 Å². The first kappa shape index (κ1) is 13.1. The van der Waals surface area contributed by atoms with Crippen LogP contribution in [0, 0.1) is 6.92 Å². The molecule has 0 bridgehead atoms. The smallest absolute Gasteiger partial charge is 0.251 e. The highest BCUT2D eigenvalue weighted by Crippen LogP contribution is 2.20. The largest absolute Gasteiger partial charge is 0.496 e. The number of hydrogen-bond donors (Lipinski definition) is 1. The fraction of sp³-hybridized carbons (Fsp3) is 0.286. The third-order valence-electron chi connectivity index (χ3n) is 2.96. The van der Waals surface area contributed by atoms with Gasteiger partial charge in [-0.05, 0) is 19.1 Å². The van der Waals surface area contributed by atoms with Crippen molar-refractivity contribution in [2.75, 3.05) is 7.11 Å². The van der Waals surface area contributed by atoms with Crippen LogP contribution in [0.3, 0.4) is 0 Å². The molecule has 0 spiro atoms. The van der Waals surface area contributed by atoms with Crippen LogP contribution >= 0.6 is 0 Å². The number of carbonyl (C=O) groups excluding carboxylic acids is 1. The van der Waals surface area contributed by atoms with E-state index in [9.17, 15) is 4.79 Å². The van der Waals surface area contributed by atoms with Crippen molar-refractivity contribution in [1.29, 1.82) is 0 Å². The van der Waals surface area contributed by atoms with Crippen molar-refractivity contribution in [3.63, 3.8) is 0 Å². The van der Waals surface area contributed by atoms with Gasteiger partial charge in [-0.3, -0.25) is 9.48 Å². The van der Waals surface area contributed by atoms with Gasteiger partial charge in [-0.25, -0.2) is 0 Å². The minimum absolute atomic E-state index is 0.111. The molecular weight excluding hydrogens is 242 g/mol. The van der Waals surface area contributed by atoms with Crippen LogP contribution in [0.4, 0.5) is 0 Å². The molecule has 19 heavy (non-hydrogen) atoms. The quantitative estimate of drug-likeness (QED) is 0.908. The molecule has 1 aromatic heterocycles. The van der Waals surface area contributed by atoms with Crippen LogP contribution in [-0.2, 0) is 13.6 Å². The Morgan fingerprint density at radius 2 is 2.26 bits per heavy atom. The highest BCUT2D eigenvalue weighted by molar-refractivity contribution is 5.96. The normalized spacial score (nSPS) is 10.3. The van der Waals surface area contributed by atoms with Gasteiger partial charge in [0, 0.05) is 36.5 Å². The van der Waals surface area contributed by atoms with Crippen molar-refractivity contribution in [3.05, 3.63) is 47.3 Å². The van der Waals surface area contributed by atoms with Gasteiger partial charge in [-0.15, -0.1) is 0 Å². The molecule has 2 rings (SSSR count). The van der Waals surface area contributed by atoms with Gasteiger partial charge in [0.05, 0.1) is 13.3 Å². The molecule has 0 aliphatic carbocycles. The Bertz CT molecular complexity index is 590. The average Bonchev–Trinajstić information content (AvgIpc) is 2.82. The summed E-state index contributed by atoms with van der Waals surface area (Å²) in [4.78, 5) is 12.1. The third kappa shape index (κ3) is 2.93. The maximum atomic E-state index is 12.1. The number of ether oxygens (including phenoxy) is 1. The number of benzene rings is 1. The Hall–Kier alpha value is -2.30. The Balaban J connectivity index is 2.08. The van der Waals surface area contributed by atoms with Gasteiger partial charge < -0.3 is 10.1 Å². The molecule has 5 heteroatoms. The average molecular weight is 259 g/mol. The first-order valence-electron chi connectivity index (χ1n) is 6.01. The summed E-state index contributed by atoms with van der Waals surface area (Å²) < 4.78 is 6.92. The third-order valence-corrected chi connectivity index (χ3v) is 2.96. The Kier molecular flexibility index (Phi) is 3.85. The van der Waals surface area contributed by atoms with Crippen molar-refractivity contribution in [2.24, 2.45) is 7.05 Å². The molecule has 0 aliphatic rings. The molecule has 0 fully saturated rings. The lowest BCUT2D eigenvalue weighted by Crippen LogP contribution is -2.23. The fourth-order valence-electron chi connectivity index (χ4n) is 1.92. The van der Waals surface area contributed by atoms with Crippen LogP contribution < -0.4 is 10.1 Å². The highest BCUT2D eigenvalue weighted by atomic mass is 16.5. The van der Waals surface area contributed by atoms with Crippen LogP contribution in [-0.4, -0.2) is 22.8 Å². The van der Waals surface area contributed by atoms with Crippen molar-refractivity contribution < 1.29 is 9.53 Å². The lowest BCUT2D eigenvalue weighted by molar-refractivity contribution is 0.0950. The molecular formula is C14H17N3O2. The summed E-state index contributed by atoms with van der Waals surface area (Å²) in [5.74, 6) is 0.606. The monoisotopic (exact) mass is 259 g/mol. The molecule has 1 N–H and O–H groups in total. The molecule has 0 unspecified atom stereocenters. The summed E-state index contributed by atoms with van der Waals surface area (Å²) in [5, 5.41) is 6.93. The second-order valence-corrected chi connectivity index (χ2v) is 4.34. The summed E-state index contributed by atoms with van der Waals surface area (Å²) >= 11 is 0. The van der Waals surface area contributed by atoms with E-state index in [1.54, 1.807) is 24.1 Å². The molecule has 100 valence electrons. The van der Waals surface area contributed by atoms with Gasteiger partial charge in [-0.2, -0.15) is 5.10 Å². The van der Waals surface area contributed by atoms with E-state index in [1.807, 2.05) is 32.3 Å². The topological polar surface area (TPSA) is 56.1 Å². The zero-order chi connectivity index (χ0) is 13.8. The first-order valence-corrected chi connectivity index (χ1v) is 6.01. The lowest BCUT2D eigenvalue weighted by atomic mass is 10.1. The van der Waals surface area contributed by atoms with Gasteiger partial charge >= 0.3 is 0 Å². The molecule has 0 saturated carbocycles. The maximum absolute atomic E-state index is 12.1. The molecule has 1 aromatic carbocycles. The first-order chi connectivity index (χ1) is 9.11. The van der Waals surface area contributed by atoms with E-state index < -0.39 is 0 Å². The van der Waals surface area contributed by atoms with Gasteiger partial charge in [0.2, 0.25) is 0 Å². The zero-order valence-electron chi connectivity index (χ0n) is 11.3. The number of amides is 1. The van der Waals surface area contributed by atoms with Gasteiger partial charge in [0.1, 0.15) is 5.75 Å². The Labute approximate surface area is 112 Å². The molecule has 0 saturated heterocycles. The SMILES string of the molecule is COc1cccc(C(=O)NCc2cnn(C)c2)c1C. The number of hydrogen-bond acceptors (Lipinski definition) is 3. The van der Waals surface area contributed by atoms with E-state index in [1.165, 1.54) is 0 Å². The van der Waals surface area contributed by atoms with E-state index in [4.69, 9.17) is 4.74 Å². The van der Waals surface area contributed by atoms with Crippen molar-refractivity contribution in [1.82, 2.24) is 15.1 Å².